The normalized spacial score (nSPS) is 9.75. The molecule has 0 atom stereocenters. The van der Waals surface area contributed by atoms with Gasteiger partial charge in [0.25, 0.3) is 0 Å². The lowest BCUT2D eigenvalue weighted by Crippen LogP contribution is -1.96. The van der Waals surface area contributed by atoms with Crippen molar-refractivity contribution in [2.45, 2.75) is 6.61 Å². The molecular formula is C16H11Cl2FO. The lowest BCUT2D eigenvalue weighted by Gasteiger charge is -2.07. The molecule has 2 aromatic carbocycles. The van der Waals surface area contributed by atoms with Gasteiger partial charge in [-0.15, -0.1) is 11.6 Å². The van der Waals surface area contributed by atoms with E-state index < -0.39 is 5.82 Å². The summed E-state index contributed by atoms with van der Waals surface area (Å²) in [7, 11) is 0. The molecule has 0 bridgehead atoms. The summed E-state index contributed by atoms with van der Waals surface area (Å²) >= 11 is 11.3. The molecule has 0 heterocycles. The van der Waals surface area contributed by atoms with E-state index in [4.69, 9.17) is 27.9 Å². The van der Waals surface area contributed by atoms with Crippen LogP contribution in [0.3, 0.4) is 0 Å². The van der Waals surface area contributed by atoms with E-state index >= 15 is 0 Å². The van der Waals surface area contributed by atoms with Gasteiger partial charge in [-0.2, -0.15) is 0 Å². The summed E-state index contributed by atoms with van der Waals surface area (Å²) in [5, 5.41) is 0.665. The summed E-state index contributed by atoms with van der Waals surface area (Å²) < 4.78 is 19.0. The van der Waals surface area contributed by atoms with Crippen LogP contribution in [-0.2, 0) is 6.61 Å². The smallest absolute Gasteiger partial charge is 0.128 e. The number of halogens is 3. The molecule has 0 radical (unpaired) electrons. The van der Waals surface area contributed by atoms with Crippen molar-refractivity contribution in [1.29, 1.82) is 0 Å². The number of hydrogen-bond donors (Lipinski definition) is 0. The standard InChI is InChI=1S/C16H11Cl2FO/c17-7-1-2-13-8-15(19)10-16(9-13)20-11-12-3-5-14(18)6-4-12/h3-6,8-10H,7,11H2. The van der Waals surface area contributed by atoms with Crippen LogP contribution in [0.5, 0.6) is 5.75 Å². The molecule has 102 valence electrons. The number of hydrogen-bond acceptors (Lipinski definition) is 1. The van der Waals surface area contributed by atoms with E-state index in [1.54, 1.807) is 18.2 Å². The number of benzene rings is 2. The fourth-order valence-electron chi connectivity index (χ4n) is 1.60. The maximum atomic E-state index is 13.4. The first-order chi connectivity index (χ1) is 9.67. The van der Waals surface area contributed by atoms with Crippen LogP contribution in [0.2, 0.25) is 5.02 Å². The molecule has 0 aliphatic rings. The Hall–Kier alpha value is -1.69. The van der Waals surface area contributed by atoms with Crippen molar-refractivity contribution in [3.63, 3.8) is 0 Å². The van der Waals surface area contributed by atoms with E-state index in [0.29, 0.717) is 22.9 Å². The minimum atomic E-state index is -0.391. The molecule has 20 heavy (non-hydrogen) atoms. The van der Waals surface area contributed by atoms with E-state index in [-0.39, 0.29) is 5.88 Å². The van der Waals surface area contributed by atoms with Crippen molar-refractivity contribution in [2.24, 2.45) is 0 Å². The predicted octanol–water partition coefficient (Wildman–Crippen LogP) is 4.65. The largest absolute Gasteiger partial charge is 0.489 e. The molecule has 0 saturated heterocycles. The van der Waals surface area contributed by atoms with Gasteiger partial charge >= 0.3 is 0 Å². The average molecular weight is 309 g/mol. The Bertz CT molecular complexity index is 642. The molecule has 4 heteroatoms. The van der Waals surface area contributed by atoms with Crippen molar-refractivity contribution in [2.75, 3.05) is 5.88 Å². The van der Waals surface area contributed by atoms with Gasteiger partial charge in [0.2, 0.25) is 0 Å². The zero-order valence-corrected chi connectivity index (χ0v) is 12.0. The fraction of sp³-hybridized carbons (Fsp3) is 0.125. The van der Waals surface area contributed by atoms with Crippen molar-refractivity contribution < 1.29 is 9.13 Å². The lowest BCUT2D eigenvalue weighted by molar-refractivity contribution is 0.304. The van der Waals surface area contributed by atoms with Crippen LogP contribution in [-0.4, -0.2) is 5.88 Å². The Morgan fingerprint density at radius 1 is 1.10 bits per heavy atom. The Kier molecular flexibility index (Phi) is 5.29. The van der Waals surface area contributed by atoms with Crippen LogP contribution in [0.15, 0.2) is 42.5 Å². The molecule has 0 saturated carbocycles. The van der Waals surface area contributed by atoms with Crippen molar-refractivity contribution in [3.8, 4) is 17.6 Å². The van der Waals surface area contributed by atoms with Crippen molar-refractivity contribution in [1.82, 2.24) is 0 Å². The van der Waals surface area contributed by atoms with Crippen molar-refractivity contribution in [3.05, 3.63) is 64.4 Å². The topological polar surface area (TPSA) is 9.23 Å². The first-order valence-corrected chi connectivity index (χ1v) is 6.81. The zero-order chi connectivity index (χ0) is 14.4. The van der Waals surface area contributed by atoms with Crippen LogP contribution < -0.4 is 4.74 Å². The highest BCUT2D eigenvalue weighted by atomic mass is 35.5. The zero-order valence-electron chi connectivity index (χ0n) is 10.5. The summed E-state index contributed by atoms with van der Waals surface area (Å²) in [6.45, 7) is 0.336. The van der Waals surface area contributed by atoms with Crippen LogP contribution in [0, 0.1) is 17.7 Å². The van der Waals surface area contributed by atoms with Gasteiger partial charge in [0.05, 0.1) is 5.88 Å². The first kappa shape index (κ1) is 14.7. The lowest BCUT2D eigenvalue weighted by atomic mass is 10.2. The molecule has 0 aromatic heterocycles. The molecule has 0 aliphatic heterocycles. The van der Waals surface area contributed by atoms with Gasteiger partial charge in [0, 0.05) is 16.7 Å². The quantitative estimate of drug-likeness (QED) is 0.592. The second kappa shape index (κ2) is 7.19. The van der Waals surface area contributed by atoms with Gasteiger partial charge in [-0.1, -0.05) is 35.6 Å². The third-order valence-corrected chi connectivity index (χ3v) is 2.88. The number of rotatable bonds is 3. The Morgan fingerprint density at radius 2 is 1.85 bits per heavy atom. The van der Waals surface area contributed by atoms with E-state index in [0.717, 1.165) is 5.56 Å². The molecule has 2 rings (SSSR count). The number of ether oxygens (including phenoxy) is 1. The average Bonchev–Trinajstić information content (AvgIpc) is 2.44. The predicted molar refractivity (Wildman–Crippen MR) is 79.8 cm³/mol. The number of alkyl halides is 1. The Balaban J connectivity index is 2.09. The van der Waals surface area contributed by atoms with Crippen molar-refractivity contribution >= 4 is 23.2 Å². The van der Waals surface area contributed by atoms with E-state index in [2.05, 4.69) is 11.8 Å². The maximum Gasteiger partial charge on any atom is 0.128 e. The molecule has 1 nitrogen and oxygen atoms in total. The summed E-state index contributed by atoms with van der Waals surface area (Å²) in [5.41, 5.74) is 1.49. The Labute approximate surface area is 127 Å². The maximum absolute atomic E-state index is 13.4. The van der Waals surface area contributed by atoms with Crippen LogP contribution in [0.1, 0.15) is 11.1 Å². The molecule has 2 aromatic rings. The molecular weight excluding hydrogens is 298 g/mol. The van der Waals surface area contributed by atoms with Crippen LogP contribution >= 0.6 is 23.2 Å². The van der Waals surface area contributed by atoms with Gasteiger partial charge in [0.1, 0.15) is 18.2 Å². The van der Waals surface area contributed by atoms with Crippen LogP contribution in [0.25, 0.3) is 0 Å². The first-order valence-electron chi connectivity index (χ1n) is 5.90. The SMILES string of the molecule is Fc1cc(C#CCCl)cc(OCc2ccc(Cl)cc2)c1. The summed E-state index contributed by atoms with van der Waals surface area (Å²) in [4.78, 5) is 0. The highest BCUT2D eigenvalue weighted by Crippen LogP contribution is 2.18. The fourth-order valence-corrected chi connectivity index (χ4v) is 1.79. The molecule has 0 amide bonds. The summed E-state index contributed by atoms with van der Waals surface area (Å²) in [6.07, 6.45) is 0. The third-order valence-electron chi connectivity index (χ3n) is 2.49. The molecule has 0 unspecified atom stereocenters. The van der Waals surface area contributed by atoms with Gasteiger partial charge in [-0.05, 0) is 29.8 Å². The highest BCUT2D eigenvalue weighted by Gasteiger charge is 2.01. The molecule has 0 fully saturated rings. The Morgan fingerprint density at radius 3 is 2.55 bits per heavy atom. The summed E-state index contributed by atoms with van der Waals surface area (Å²) in [6, 6.07) is 11.6. The highest BCUT2D eigenvalue weighted by molar-refractivity contribution is 6.30. The molecule has 0 spiro atoms. The third kappa shape index (κ3) is 4.45. The van der Waals surface area contributed by atoms with E-state index in [1.165, 1.54) is 12.1 Å². The second-order valence-corrected chi connectivity index (χ2v) is 4.73. The van der Waals surface area contributed by atoms with Gasteiger partial charge < -0.3 is 4.74 Å². The van der Waals surface area contributed by atoms with Gasteiger partial charge in [-0.3, -0.25) is 0 Å². The minimum absolute atomic E-state index is 0.206. The summed E-state index contributed by atoms with van der Waals surface area (Å²) in [5.74, 6) is 5.68. The molecule has 0 N–H and O–H groups in total. The minimum Gasteiger partial charge on any atom is -0.489 e. The van der Waals surface area contributed by atoms with E-state index in [1.807, 2.05) is 12.1 Å². The van der Waals surface area contributed by atoms with Gasteiger partial charge in [-0.25, -0.2) is 4.39 Å². The second-order valence-electron chi connectivity index (χ2n) is 4.03. The van der Waals surface area contributed by atoms with E-state index in [9.17, 15) is 4.39 Å². The van der Waals surface area contributed by atoms with Crippen LogP contribution in [0.4, 0.5) is 4.39 Å². The monoisotopic (exact) mass is 308 g/mol. The van der Waals surface area contributed by atoms with Gasteiger partial charge in [0.15, 0.2) is 0 Å². The molecule has 0 aliphatic carbocycles.